The summed E-state index contributed by atoms with van der Waals surface area (Å²) in [6.07, 6.45) is 2.21. The van der Waals surface area contributed by atoms with Crippen LogP contribution in [-0.4, -0.2) is 34.0 Å². The van der Waals surface area contributed by atoms with Gasteiger partial charge in [-0.1, -0.05) is 6.07 Å². The minimum Gasteiger partial charge on any atom is -0.480 e. The lowest BCUT2D eigenvalue weighted by Gasteiger charge is -2.26. The van der Waals surface area contributed by atoms with Crippen LogP contribution in [0.25, 0.3) is 0 Å². The fourth-order valence-electron chi connectivity index (χ4n) is 2.93. The minimum atomic E-state index is -1.02. The van der Waals surface area contributed by atoms with Gasteiger partial charge in [-0.25, -0.2) is 13.6 Å². The molecule has 4 nitrogen and oxygen atoms in total. The number of benzene rings is 1. The highest BCUT2D eigenvalue weighted by Crippen LogP contribution is 2.50. The van der Waals surface area contributed by atoms with Crippen LogP contribution in [0.2, 0.25) is 0 Å². The number of carboxylic acids is 1. The number of hydrogen-bond donors (Lipinski definition) is 1. The molecule has 22 heavy (non-hydrogen) atoms. The third-order valence-corrected chi connectivity index (χ3v) is 4.45. The maximum absolute atomic E-state index is 13.3. The monoisotopic (exact) mass is 309 g/mol. The molecule has 3 unspecified atom stereocenters. The molecule has 1 aromatic rings. The van der Waals surface area contributed by atoms with Crippen LogP contribution in [0.3, 0.4) is 0 Å². The Balaban J connectivity index is 1.73. The molecule has 0 aromatic heterocycles. The molecule has 0 heterocycles. The maximum atomic E-state index is 13.3. The Kier molecular flexibility index (Phi) is 3.62. The molecule has 2 aliphatic rings. The Morgan fingerprint density at radius 3 is 2.50 bits per heavy atom. The van der Waals surface area contributed by atoms with Gasteiger partial charge in [-0.3, -0.25) is 4.79 Å². The van der Waals surface area contributed by atoms with Crippen molar-refractivity contribution in [2.75, 3.05) is 0 Å². The van der Waals surface area contributed by atoms with Gasteiger partial charge in [-0.05, 0) is 49.8 Å². The molecule has 0 saturated heterocycles. The number of nitrogens with zero attached hydrogens (tertiary/aromatic N) is 1. The van der Waals surface area contributed by atoms with E-state index in [2.05, 4.69) is 0 Å². The lowest BCUT2D eigenvalue weighted by atomic mass is 10.1. The molecule has 2 aliphatic carbocycles. The smallest absolute Gasteiger partial charge is 0.326 e. The topological polar surface area (TPSA) is 57.6 Å². The molecule has 3 atom stereocenters. The number of carbonyl (C=O) groups is 2. The molecule has 0 spiro atoms. The number of carboxylic acid groups (broad SMARTS) is 1. The van der Waals surface area contributed by atoms with E-state index in [1.807, 2.05) is 0 Å². The SMILES string of the molecule is CC(C(=O)O)N(C(=O)C1CC1c1ccc(F)c(F)c1)C1CC1. The molecule has 1 aromatic carbocycles. The van der Waals surface area contributed by atoms with Gasteiger partial charge in [0, 0.05) is 12.0 Å². The number of amides is 1. The van der Waals surface area contributed by atoms with E-state index in [9.17, 15) is 18.4 Å². The second kappa shape index (κ2) is 5.34. The largest absolute Gasteiger partial charge is 0.480 e. The van der Waals surface area contributed by atoms with E-state index in [1.54, 1.807) is 0 Å². The van der Waals surface area contributed by atoms with Gasteiger partial charge in [0.05, 0.1) is 0 Å². The van der Waals surface area contributed by atoms with Crippen LogP contribution in [0.4, 0.5) is 8.78 Å². The molecule has 3 rings (SSSR count). The summed E-state index contributed by atoms with van der Waals surface area (Å²) in [4.78, 5) is 25.2. The van der Waals surface area contributed by atoms with Gasteiger partial charge in [0.1, 0.15) is 6.04 Å². The predicted molar refractivity (Wildman–Crippen MR) is 74.2 cm³/mol. The van der Waals surface area contributed by atoms with Gasteiger partial charge in [-0.15, -0.1) is 0 Å². The zero-order chi connectivity index (χ0) is 16.0. The lowest BCUT2D eigenvalue weighted by molar-refractivity contribution is -0.150. The molecule has 6 heteroatoms. The highest BCUT2D eigenvalue weighted by molar-refractivity contribution is 5.88. The summed E-state index contributed by atoms with van der Waals surface area (Å²) >= 11 is 0. The number of hydrogen-bond acceptors (Lipinski definition) is 2. The molecule has 0 aliphatic heterocycles. The van der Waals surface area contributed by atoms with Gasteiger partial charge < -0.3 is 10.0 Å². The van der Waals surface area contributed by atoms with Crippen molar-refractivity contribution in [3.8, 4) is 0 Å². The normalized spacial score (nSPS) is 24.7. The van der Waals surface area contributed by atoms with Crippen molar-refractivity contribution in [3.63, 3.8) is 0 Å². The summed E-state index contributed by atoms with van der Waals surface area (Å²) in [5.41, 5.74) is 0.593. The van der Waals surface area contributed by atoms with Crippen LogP contribution in [0, 0.1) is 17.6 Å². The minimum absolute atomic E-state index is 0.00445. The maximum Gasteiger partial charge on any atom is 0.326 e. The Bertz CT molecular complexity index is 630. The van der Waals surface area contributed by atoms with E-state index in [-0.39, 0.29) is 23.8 Å². The summed E-state index contributed by atoms with van der Waals surface area (Å²) < 4.78 is 26.2. The number of rotatable bonds is 5. The van der Waals surface area contributed by atoms with Crippen LogP contribution >= 0.6 is 0 Å². The van der Waals surface area contributed by atoms with Crippen LogP contribution in [0.15, 0.2) is 18.2 Å². The fraction of sp³-hybridized carbons (Fsp3) is 0.500. The molecule has 0 bridgehead atoms. The van der Waals surface area contributed by atoms with Gasteiger partial charge in [0.2, 0.25) is 5.91 Å². The Hall–Kier alpha value is -1.98. The highest BCUT2D eigenvalue weighted by atomic mass is 19.2. The van der Waals surface area contributed by atoms with E-state index in [0.29, 0.717) is 12.0 Å². The quantitative estimate of drug-likeness (QED) is 0.909. The molecule has 1 amide bonds. The third-order valence-electron chi connectivity index (χ3n) is 4.45. The van der Waals surface area contributed by atoms with E-state index in [1.165, 1.54) is 17.9 Å². The van der Waals surface area contributed by atoms with E-state index in [0.717, 1.165) is 25.0 Å². The van der Waals surface area contributed by atoms with Crippen molar-refractivity contribution in [2.45, 2.75) is 44.2 Å². The summed E-state index contributed by atoms with van der Waals surface area (Å²) in [5.74, 6) is -3.52. The molecule has 2 saturated carbocycles. The summed E-state index contributed by atoms with van der Waals surface area (Å²) in [6, 6.07) is 2.81. The van der Waals surface area contributed by atoms with Crippen LogP contribution in [-0.2, 0) is 9.59 Å². The molecule has 0 radical (unpaired) electrons. The van der Waals surface area contributed by atoms with Gasteiger partial charge in [-0.2, -0.15) is 0 Å². The average Bonchev–Trinajstić information content (AvgIpc) is 3.34. The lowest BCUT2D eigenvalue weighted by Crippen LogP contribution is -2.45. The average molecular weight is 309 g/mol. The predicted octanol–water partition coefficient (Wildman–Crippen LogP) is 2.53. The zero-order valence-electron chi connectivity index (χ0n) is 12.1. The second-order valence-electron chi connectivity index (χ2n) is 6.11. The van der Waals surface area contributed by atoms with Crippen LogP contribution < -0.4 is 0 Å². The first-order valence-electron chi connectivity index (χ1n) is 7.40. The number of carbonyl (C=O) groups excluding carboxylic acids is 1. The highest BCUT2D eigenvalue weighted by Gasteiger charge is 2.50. The first-order chi connectivity index (χ1) is 10.4. The van der Waals surface area contributed by atoms with E-state index in [4.69, 9.17) is 5.11 Å². The van der Waals surface area contributed by atoms with Gasteiger partial charge >= 0.3 is 5.97 Å². The summed E-state index contributed by atoms with van der Waals surface area (Å²) in [5, 5.41) is 9.14. The summed E-state index contributed by atoms with van der Waals surface area (Å²) in [7, 11) is 0. The molecule has 2 fully saturated rings. The van der Waals surface area contributed by atoms with Crippen LogP contribution in [0.1, 0.15) is 37.7 Å². The first-order valence-corrected chi connectivity index (χ1v) is 7.40. The van der Waals surface area contributed by atoms with E-state index < -0.39 is 23.6 Å². The number of aliphatic carboxylic acids is 1. The molecule has 118 valence electrons. The van der Waals surface area contributed by atoms with Crippen LogP contribution in [0.5, 0.6) is 0 Å². The van der Waals surface area contributed by atoms with Crippen molar-refractivity contribution >= 4 is 11.9 Å². The summed E-state index contributed by atoms with van der Waals surface area (Å²) in [6.45, 7) is 1.51. The van der Waals surface area contributed by atoms with Gasteiger partial charge in [0.15, 0.2) is 11.6 Å². The Labute approximate surface area is 126 Å². The van der Waals surface area contributed by atoms with Crippen molar-refractivity contribution in [1.29, 1.82) is 0 Å². The number of halogens is 2. The molecule has 1 N–H and O–H groups in total. The van der Waals surface area contributed by atoms with Crippen molar-refractivity contribution in [3.05, 3.63) is 35.4 Å². The zero-order valence-corrected chi connectivity index (χ0v) is 12.1. The fourth-order valence-corrected chi connectivity index (χ4v) is 2.93. The van der Waals surface area contributed by atoms with Crippen molar-refractivity contribution < 1.29 is 23.5 Å². The van der Waals surface area contributed by atoms with Crippen molar-refractivity contribution in [1.82, 2.24) is 4.90 Å². The third kappa shape index (κ3) is 2.69. The molecular weight excluding hydrogens is 292 g/mol. The van der Waals surface area contributed by atoms with Crippen molar-refractivity contribution in [2.24, 2.45) is 5.92 Å². The van der Waals surface area contributed by atoms with E-state index >= 15 is 0 Å². The molecular formula is C16H17F2NO3. The first kappa shape index (κ1) is 14.9. The van der Waals surface area contributed by atoms with Gasteiger partial charge in [0.25, 0.3) is 0 Å². The second-order valence-corrected chi connectivity index (χ2v) is 6.11. The Morgan fingerprint density at radius 2 is 1.95 bits per heavy atom. The Morgan fingerprint density at radius 1 is 1.27 bits per heavy atom. The standard InChI is InChI=1S/C16H17F2NO3/c1-8(16(21)22)19(10-3-4-10)15(20)12-7-11(12)9-2-5-13(17)14(18)6-9/h2,5-6,8,10-12H,3-4,7H2,1H3,(H,21,22).